The van der Waals surface area contributed by atoms with Gasteiger partial charge in [0.15, 0.2) is 0 Å². The second-order valence-electron chi connectivity index (χ2n) is 13.0. The van der Waals surface area contributed by atoms with E-state index in [-0.39, 0.29) is 17.4 Å². The number of amides is 4. The number of rotatable bonds is 7. The van der Waals surface area contributed by atoms with Crippen LogP contribution in [-0.2, 0) is 9.59 Å². The molecule has 0 bridgehead atoms. The van der Waals surface area contributed by atoms with Crippen molar-refractivity contribution in [2.45, 2.75) is 38.0 Å². The lowest BCUT2D eigenvalue weighted by Crippen LogP contribution is -2.54. The number of hydrogen-bond donors (Lipinski definition) is 1. The second-order valence-corrected chi connectivity index (χ2v) is 13.0. The fourth-order valence-corrected chi connectivity index (χ4v) is 7.77. The molecule has 0 unspecified atom stereocenters. The Balaban J connectivity index is 1.29. The Hall–Kier alpha value is -5.69. The molecule has 3 aliphatic heterocycles. The van der Waals surface area contributed by atoms with Crippen molar-refractivity contribution in [2.24, 2.45) is 0 Å². The van der Waals surface area contributed by atoms with Crippen molar-refractivity contribution >= 4 is 46.1 Å². The SMILES string of the molecule is CCCOc1ccc2ccccc2c1/C=C1\C(=O)NC(=O)N(c2cc3c4c(c2)[C@H](c2ccccc2)CCN4CC[C@H]3c2ccccc2)C1=O. The molecule has 0 spiro atoms. The maximum absolute atomic E-state index is 14.5. The molecule has 1 fully saturated rings. The molecule has 244 valence electrons. The summed E-state index contributed by atoms with van der Waals surface area (Å²) in [5.41, 5.74) is 6.74. The highest BCUT2D eigenvalue weighted by Crippen LogP contribution is 2.50. The summed E-state index contributed by atoms with van der Waals surface area (Å²) in [6, 6.07) is 35.7. The standard InChI is InChI=1S/C42H37N3O4/c1-2-23-49-38-18-17-29-15-9-10-16-31(29)34(38)26-37-40(46)43-42(48)45(41(37)47)30-24-35-32(27-11-5-3-6-12-27)19-21-44-22-20-33(36(25-30)39(35)44)28-13-7-4-8-14-28/h3-18,24-26,32-33H,2,19-23H2,1H3,(H,43,46,48)/b37-26+/t32-,33-/m0/s1. The molecule has 5 aromatic carbocycles. The van der Waals surface area contributed by atoms with Crippen LogP contribution in [0.3, 0.4) is 0 Å². The average molecular weight is 648 g/mol. The third-order valence-electron chi connectivity index (χ3n) is 10.0. The maximum atomic E-state index is 14.5. The second kappa shape index (κ2) is 12.7. The molecule has 0 saturated carbocycles. The summed E-state index contributed by atoms with van der Waals surface area (Å²) in [7, 11) is 0. The van der Waals surface area contributed by atoms with Gasteiger partial charge in [0.05, 0.1) is 12.3 Å². The molecule has 7 nitrogen and oxygen atoms in total. The molecular weight excluding hydrogens is 610 g/mol. The zero-order valence-electron chi connectivity index (χ0n) is 27.4. The van der Waals surface area contributed by atoms with E-state index in [9.17, 15) is 14.4 Å². The molecule has 3 heterocycles. The Kier molecular flexibility index (Phi) is 7.96. The van der Waals surface area contributed by atoms with E-state index < -0.39 is 17.8 Å². The topological polar surface area (TPSA) is 79.0 Å². The van der Waals surface area contributed by atoms with Gasteiger partial charge in [-0.25, -0.2) is 9.69 Å². The maximum Gasteiger partial charge on any atom is 0.335 e. The third-order valence-corrected chi connectivity index (χ3v) is 10.0. The molecule has 1 saturated heterocycles. The molecule has 4 amide bonds. The molecular formula is C42H37N3O4. The number of nitrogens with zero attached hydrogens (tertiary/aromatic N) is 2. The first-order valence-electron chi connectivity index (χ1n) is 17.1. The Labute approximate surface area is 285 Å². The number of hydrogen-bond acceptors (Lipinski definition) is 5. The Morgan fingerprint density at radius 1 is 0.776 bits per heavy atom. The highest BCUT2D eigenvalue weighted by Gasteiger charge is 2.40. The zero-order chi connectivity index (χ0) is 33.5. The quantitative estimate of drug-likeness (QED) is 0.142. The number of ether oxygens (including phenoxy) is 1. The van der Waals surface area contributed by atoms with E-state index in [1.165, 1.54) is 16.8 Å². The highest BCUT2D eigenvalue weighted by molar-refractivity contribution is 6.39. The number of anilines is 2. The predicted octanol–water partition coefficient (Wildman–Crippen LogP) is 8.17. The molecule has 7 heteroatoms. The van der Waals surface area contributed by atoms with E-state index in [0.717, 1.165) is 59.2 Å². The predicted molar refractivity (Wildman–Crippen MR) is 193 cm³/mol. The Morgan fingerprint density at radius 3 is 2.02 bits per heavy atom. The van der Waals surface area contributed by atoms with Crippen molar-refractivity contribution in [2.75, 3.05) is 29.5 Å². The van der Waals surface area contributed by atoms with E-state index in [2.05, 4.69) is 58.7 Å². The number of benzene rings is 5. The monoisotopic (exact) mass is 647 g/mol. The summed E-state index contributed by atoms with van der Waals surface area (Å²) in [6.07, 6.45) is 4.22. The van der Waals surface area contributed by atoms with Crippen molar-refractivity contribution in [3.63, 3.8) is 0 Å². The third kappa shape index (κ3) is 5.45. The first kappa shape index (κ1) is 30.6. The van der Waals surface area contributed by atoms with Crippen LogP contribution in [-0.4, -0.2) is 37.5 Å². The van der Waals surface area contributed by atoms with Crippen molar-refractivity contribution in [3.8, 4) is 5.75 Å². The van der Waals surface area contributed by atoms with Gasteiger partial charge in [-0.1, -0.05) is 97.9 Å². The van der Waals surface area contributed by atoms with E-state index in [1.54, 1.807) is 6.08 Å². The first-order chi connectivity index (χ1) is 24.0. The van der Waals surface area contributed by atoms with Crippen LogP contribution in [0.15, 0.2) is 115 Å². The summed E-state index contributed by atoms with van der Waals surface area (Å²) in [4.78, 5) is 45.2. The largest absolute Gasteiger partial charge is 0.493 e. The summed E-state index contributed by atoms with van der Waals surface area (Å²) in [5, 5.41) is 4.27. The number of imide groups is 2. The van der Waals surface area contributed by atoms with Gasteiger partial charge in [0.2, 0.25) is 0 Å². The van der Waals surface area contributed by atoms with Crippen LogP contribution in [0, 0.1) is 0 Å². The number of barbiturate groups is 1. The van der Waals surface area contributed by atoms with E-state index >= 15 is 0 Å². The fraction of sp³-hybridized carbons (Fsp3) is 0.214. The van der Waals surface area contributed by atoms with Crippen LogP contribution < -0.4 is 19.9 Å². The number of carbonyl (C=O) groups excluding carboxylic acids is 3. The molecule has 5 aromatic rings. The Morgan fingerprint density at radius 2 is 1.39 bits per heavy atom. The number of nitrogens with one attached hydrogen (secondary N) is 1. The fourth-order valence-electron chi connectivity index (χ4n) is 7.77. The smallest absolute Gasteiger partial charge is 0.335 e. The molecule has 1 N–H and O–H groups in total. The molecule has 8 rings (SSSR count). The molecule has 2 atom stereocenters. The summed E-state index contributed by atoms with van der Waals surface area (Å²) in [5.74, 6) is -0.628. The first-order valence-corrected chi connectivity index (χ1v) is 17.1. The number of fused-ring (bicyclic) bond motifs is 1. The van der Waals surface area contributed by atoms with Crippen LogP contribution in [0.4, 0.5) is 16.2 Å². The average Bonchev–Trinajstić information content (AvgIpc) is 3.13. The summed E-state index contributed by atoms with van der Waals surface area (Å²) >= 11 is 0. The van der Waals surface area contributed by atoms with Gasteiger partial charge in [0.25, 0.3) is 11.8 Å². The molecule has 0 radical (unpaired) electrons. The number of carbonyl (C=O) groups is 3. The highest BCUT2D eigenvalue weighted by atomic mass is 16.5. The summed E-state index contributed by atoms with van der Waals surface area (Å²) in [6.45, 7) is 4.37. The van der Waals surface area contributed by atoms with Crippen molar-refractivity contribution in [3.05, 3.63) is 143 Å². The zero-order valence-corrected chi connectivity index (χ0v) is 27.4. The van der Waals surface area contributed by atoms with Crippen LogP contribution >= 0.6 is 0 Å². The van der Waals surface area contributed by atoms with Crippen molar-refractivity contribution in [1.29, 1.82) is 0 Å². The van der Waals surface area contributed by atoms with Crippen LogP contribution in [0.25, 0.3) is 16.8 Å². The van der Waals surface area contributed by atoms with Gasteiger partial charge in [-0.15, -0.1) is 0 Å². The van der Waals surface area contributed by atoms with Gasteiger partial charge in [-0.2, -0.15) is 0 Å². The van der Waals surface area contributed by atoms with Gasteiger partial charge < -0.3 is 9.64 Å². The van der Waals surface area contributed by atoms with Gasteiger partial charge in [-0.05, 0) is 76.6 Å². The summed E-state index contributed by atoms with van der Waals surface area (Å²) < 4.78 is 6.08. The lowest BCUT2D eigenvalue weighted by atomic mass is 9.76. The van der Waals surface area contributed by atoms with E-state index in [4.69, 9.17) is 4.74 Å². The number of urea groups is 1. The Bertz CT molecular complexity index is 2050. The van der Waals surface area contributed by atoms with Gasteiger partial charge in [0.1, 0.15) is 11.3 Å². The van der Waals surface area contributed by atoms with Crippen LogP contribution in [0.2, 0.25) is 0 Å². The minimum atomic E-state index is -0.754. The van der Waals surface area contributed by atoms with Crippen LogP contribution in [0.1, 0.15) is 65.8 Å². The minimum absolute atomic E-state index is 0.0919. The van der Waals surface area contributed by atoms with Crippen molar-refractivity contribution < 1.29 is 19.1 Å². The van der Waals surface area contributed by atoms with Crippen molar-refractivity contribution in [1.82, 2.24) is 5.32 Å². The minimum Gasteiger partial charge on any atom is -0.493 e. The molecule has 0 aromatic heterocycles. The lowest BCUT2D eigenvalue weighted by molar-refractivity contribution is -0.122. The van der Waals surface area contributed by atoms with Gasteiger partial charge in [-0.3, -0.25) is 14.9 Å². The lowest BCUT2D eigenvalue weighted by Gasteiger charge is -2.44. The van der Waals surface area contributed by atoms with Crippen LogP contribution in [0.5, 0.6) is 5.75 Å². The molecule has 0 aliphatic carbocycles. The van der Waals surface area contributed by atoms with Gasteiger partial charge in [0, 0.05) is 36.2 Å². The van der Waals surface area contributed by atoms with E-state index in [1.807, 2.05) is 67.6 Å². The molecule has 49 heavy (non-hydrogen) atoms. The molecule has 3 aliphatic rings. The van der Waals surface area contributed by atoms with E-state index in [0.29, 0.717) is 23.6 Å². The van der Waals surface area contributed by atoms with Gasteiger partial charge >= 0.3 is 6.03 Å². The normalized spacial score (nSPS) is 19.6.